The van der Waals surface area contributed by atoms with Crippen molar-refractivity contribution in [3.8, 4) is 11.1 Å². The van der Waals surface area contributed by atoms with Crippen molar-refractivity contribution in [1.29, 1.82) is 0 Å². The van der Waals surface area contributed by atoms with Gasteiger partial charge >= 0.3 is 6.18 Å². The van der Waals surface area contributed by atoms with Gasteiger partial charge in [0.15, 0.2) is 5.82 Å². The van der Waals surface area contributed by atoms with Crippen molar-refractivity contribution in [3.63, 3.8) is 0 Å². The lowest BCUT2D eigenvalue weighted by atomic mass is 10.1. The first-order chi connectivity index (χ1) is 12.9. The van der Waals surface area contributed by atoms with Gasteiger partial charge in [-0.1, -0.05) is 24.3 Å². The third-order valence-electron chi connectivity index (χ3n) is 3.99. The van der Waals surface area contributed by atoms with E-state index in [1.165, 1.54) is 0 Å². The minimum Gasteiger partial charge on any atom is -0.308 e. The molecule has 1 amide bonds. The molecule has 4 rings (SSSR count). The van der Waals surface area contributed by atoms with Gasteiger partial charge in [0.2, 0.25) is 5.91 Å². The Bertz CT molecular complexity index is 1080. The number of aromatic nitrogens is 2. The first-order valence-electron chi connectivity index (χ1n) is 7.85. The Balaban J connectivity index is 1.47. The number of nitrogens with one attached hydrogen (secondary N) is 1. The number of thiazole rings is 1. The highest BCUT2D eigenvalue weighted by molar-refractivity contribution is 7.16. The van der Waals surface area contributed by atoms with Crippen molar-refractivity contribution in [2.75, 3.05) is 5.32 Å². The molecule has 1 N–H and O–H groups in total. The number of carbonyl (C=O) groups is 1. The number of hydrogen-bond acceptors (Lipinski definition) is 4. The van der Waals surface area contributed by atoms with Crippen LogP contribution in [0.15, 0.2) is 52.8 Å². The monoisotopic (exact) mass is 407 g/mol. The number of rotatable bonds is 4. The molecular formula is C18H12F3N3OS2. The lowest BCUT2D eigenvalue weighted by molar-refractivity contribution is -0.141. The second-order valence-electron chi connectivity index (χ2n) is 5.82. The van der Waals surface area contributed by atoms with Gasteiger partial charge in [-0.25, -0.2) is 4.98 Å². The normalized spacial score (nSPS) is 11.8. The molecule has 4 nitrogen and oxygen atoms in total. The minimum atomic E-state index is -4.47. The molecule has 0 bridgehead atoms. The van der Waals surface area contributed by atoms with Gasteiger partial charge in [0, 0.05) is 5.38 Å². The number of fused-ring (bicyclic) bond motifs is 1. The van der Waals surface area contributed by atoms with Gasteiger partial charge in [-0.05, 0) is 33.5 Å². The van der Waals surface area contributed by atoms with Crippen molar-refractivity contribution in [1.82, 2.24) is 9.38 Å². The average molecular weight is 407 g/mol. The maximum Gasteiger partial charge on any atom is 0.432 e. The quantitative estimate of drug-likeness (QED) is 0.497. The number of benzene rings is 1. The Labute approximate surface area is 159 Å². The molecule has 138 valence electrons. The highest BCUT2D eigenvalue weighted by Gasteiger charge is 2.35. The van der Waals surface area contributed by atoms with E-state index in [0.717, 1.165) is 44.1 Å². The Morgan fingerprint density at radius 1 is 1.11 bits per heavy atom. The average Bonchev–Trinajstić information content (AvgIpc) is 3.33. The molecule has 0 saturated heterocycles. The van der Waals surface area contributed by atoms with Crippen molar-refractivity contribution < 1.29 is 18.0 Å². The first-order valence-corrected chi connectivity index (χ1v) is 9.67. The summed E-state index contributed by atoms with van der Waals surface area (Å²) in [5, 5.41) is 7.64. The van der Waals surface area contributed by atoms with E-state index in [2.05, 4.69) is 10.3 Å². The van der Waals surface area contributed by atoms with Crippen LogP contribution in [0.4, 0.5) is 19.0 Å². The molecule has 9 heteroatoms. The molecule has 0 aliphatic heterocycles. The standard InChI is InChI=1S/C18H12F3N3OS2/c19-18(20,21)14-9-27-17-16(22-10-24(14)17)23-15(25)7-11-1-3-12(4-2-11)13-5-6-26-8-13/h1-6,8-10H,7H2,(H,23,25). The number of carbonyl (C=O) groups excluding carboxylic acids is 1. The molecule has 0 aliphatic rings. The van der Waals surface area contributed by atoms with Crippen LogP contribution in [0.3, 0.4) is 0 Å². The Kier molecular flexibility index (Phi) is 4.48. The summed E-state index contributed by atoms with van der Waals surface area (Å²) < 4.78 is 39.7. The summed E-state index contributed by atoms with van der Waals surface area (Å²) in [6, 6.07) is 9.62. The molecule has 1 aromatic carbocycles. The predicted molar refractivity (Wildman–Crippen MR) is 100 cm³/mol. The Morgan fingerprint density at radius 3 is 2.56 bits per heavy atom. The Hall–Kier alpha value is -2.65. The van der Waals surface area contributed by atoms with Crippen LogP contribution >= 0.6 is 22.7 Å². The summed E-state index contributed by atoms with van der Waals surface area (Å²) in [6.07, 6.45) is -3.29. The summed E-state index contributed by atoms with van der Waals surface area (Å²) in [4.78, 5) is 16.4. The van der Waals surface area contributed by atoms with Crippen LogP contribution in [0.2, 0.25) is 0 Å². The van der Waals surface area contributed by atoms with Crippen LogP contribution in [0.5, 0.6) is 0 Å². The maximum absolute atomic E-state index is 12.9. The molecule has 0 radical (unpaired) electrons. The van der Waals surface area contributed by atoms with E-state index in [4.69, 9.17) is 0 Å². The molecule has 3 heterocycles. The molecule has 27 heavy (non-hydrogen) atoms. The van der Waals surface area contributed by atoms with Gasteiger partial charge in [0.05, 0.1) is 6.42 Å². The number of alkyl halides is 3. The lowest BCUT2D eigenvalue weighted by Crippen LogP contribution is -2.14. The molecule has 0 spiro atoms. The number of thiophene rings is 1. The molecule has 4 aromatic rings. The van der Waals surface area contributed by atoms with Gasteiger partial charge in [-0.3, -0.25) is 9.20 Å². The van der Waals surface area contributed by atoms with E-state index < -0.39 is 11.9 Å². The first kappa shape index (κ1) is 17.7. The molecule has 3 aromatic heterocycles. The highest BCUT2D eigenvalue weighted by Crippen LogP contribution is 2.35. The largest absolute Gasteiger partial charge is 0.432 e. The second-order valence-corrected chi connectivity index (χ2v) is 7.46. The molecule has 0 atom stereocenters. The summed E-state index contributed by atoms with van der Waals surface area (Å²) >= 11 is 2.50. The van der Waals surface area contributed by atoms with E-state index in [1.807, 2.05) is 41.1 Å². The minimum absolute atomic E-state index is 0.112. The number of hydrogen-bond donors (Lipinski definition) is 1. The molecule has 0 unspecified atom stereocenters. The van der Waals surface area contributed by atoms with Gasteiger partial charge < -0.3 is 5.32 Å². The van der Waals surface area contributed by atoms with E-state index in [0.29, 0.717) is 0 Å². The fourth-order valence-electron chi connectivity index (χ4n) is 2.68. The lowest BCUT2D eigenvalue weighted by Gasteiger charge is -2.04. The van der Waals surface area contributed by atoms with Crippen LogP contribution < -0.4 is 5.32 Å². The van der Waals surface area contributed by atoms with E-state index >= 15 is 0 Å². The third-order valence-corrected chi connectivity index (χ3v) is 5.62. The molecule has 0 saturated carbocycles. The summed E-state index contributed by atoms with van der Waals surface area (Å²) in [5.41, 5.74) is 2.19. The SMILES string of the molecule is O=C(Cc1ccc(-c2ccsc2)cc1)Nc1ncn2c(C(F)(F)F)csc12. The van der Waals surface area contributed by atoms with Gasteiger partial charge in [-0.15, -0.1) is 11.3 Å². The number of imidazole rings is 1. The summed E-state index contributed by atoms with van der Waals surface area (Å²) in [7, 11) is 0. The fourth-order valence-corrected chi connectivity index (χ4v) is 4.29. The molecule has 0 aliphatic carbocycles. The van der Waals surface area contributed by atoms with Crippen molar-refractivity contribution in [2.24, 2.45) is 0 Å². The second kappa shape index (κ2) is 6.82. The van der Waals surface area contributed by atoms with Crippen LogP contribution in [0.1, 0.15) is 11.3 Å². The summed E-state index contributed by atoms with van der Waals surface area (Å²) in [6.45, 7) is 0. The van der Waals surface area contributed by atoms with E-state index in [1.54, 1.807) is 11.3 Å². The third kappa shape index (κ3) is 3.60. The van der Waals surface area contributed by atoms with Crippen LogP contribution in [0.25, 0.3) is 16.0 Å². The van der Waals surface area contributed by atoms with E-state index in [9.17, 15) is 18.0 Å². The van der Waals surface area contributed by atoms with Crippen LogP contribution in [0, 0.1) is 0 Å². The Morgan fingerprint density at radius 2 is 1.89 bits per heavy atom. The molecule has 0 fully saturated rings. The highest BCUT2D eigenvalue weighted by atomic mass is 32.1. The van der Waals surface area contributed by atoms with E-state index in [-0.39, 0.29) is 23.0 Å². The maximum atomic E-state index is 12.9. The number of anilines is 1. The fraction of sp³-hybridized carbons (Fsp3) is 0.111. The zero-order valence-corrected chi connectivity index (χ0v) is 15.3. The van der Waals surface area contributed by atoms with Gasteiger partial charge in [-0.2, -0.15) is 24.5 Å². The topological polar surface area (TPSA) is 46.4 Å². The van der Waals surface area contributed by atoms with Crippen molar-refractivity contribution in [2.45, 2.75) is 12.6 Å². The van der Waals surface area contributed by atoms with Crippen LogP contribution in [-0.2, 0) is 17.4 Å². The number of amides is 1. The van der Waals surface area contributed by atoms with Crippen LogP contribution in [-0.4, -0.2) is 15.3 Å². The number of nitrogens with zero attached hydrogens (tertiary/aromatic N) is 2. The zero-order valence-electron chi connectivity index (χ0n) is 13.7. The van der Waals surface area contributed by atoms with Gasteiger partial charge in [0.1, 0.15) is 16.9 Å². The molecular weight excluding hydrogens is 395 g/mol. The van der Waals surface area contributed by atoms with Crippen molar-refractivity contribution >= 4 is 39.2 Å². The predicted octanol–water partition coefficient (Wildman–Crippen LogP) is 5.32. The smallest absolute Gasteiger partial charge is 0.308 e. The summed E-state index contributed by atoms with van der Waals surface area (Å²) in [5.74, 6) is -0.198. The number of halogens is 3. The zero-order chi connectivity index (χ0) is 19.0. The van der Waals surface area contributed by atoms with Gasteiger partial charge in [0.25, 0.3) is 0 Å². The van der Waals surface area contributed by atoms with Crippen molar-refractivity contribution in [3.05, 3.63) is 64.1 Å².